The van der Waals surface area contributed by atoms with Crippen molar-refractivity contribution in [2.45, 2.75) is 45.2 Å². The number of rotatable bonds is 4. The third kappa shape index (κ3) is 4.32. The molecule has 6 heteroatoms. The lowest BCUT2D eigenvalue weighted by atomic mass is 9.97. The maximum Gasteiger partial charge on any atom is 0.433 e. The van der Waals surface area contributed by atoms with Gasteiger partial charge in [-0.15, -0.1) is 0 Å². The molecular weight excluding hydrogens is 293 g/mol. The van der Waals surface area contributed by atoms with Crippen molar-refractivity contribution < 1.29 is 18.0 Å². The van der Waals surface area contributed by atoms with Gasteiger partial charge in [-0.25, -0.2) is 4.98 Å². The Morgan fingerprint density at radius 1 is 1.32 bits per heavy atom. The van der Waals surface area contributed by atoms with E-state index in [9.17, 15) is 18.0 Å². The summed E-state index contributed by atoms with van der Waals surface area (Å²) in [7, 11) is 0. The lowest BCUT2D eigenvalue weighted by molar-refractivity contribution is -0.141. The molecule has 1 aliphatic carbocycles. The van der Waals surface area contributed by atoms with Crippen LogP contribution >= 0.6 is 0 Å². The standard InChI is InChI=1S/C16H19F3N2O/c1-11-13(7-8-14(21-11)16(17,18)19)15(22)20-10-9-12-5-3-2-4-6-12/h5,7-8H,2-4,6,9-10H2,1H3,(H,20,22). The first-order valence-electron chi connectivity index (χ1n) is 7.39. The van der Waals surface area contributed by atoms with Crippen molar-refractivity contribution in [1.82, 2.24) is 10.3 Å². The summed E-state index contributed by atoms with van der Waals surface area (Å²) in [5.41, 5.74) is 0.637. The van der Waals surface area contributed by atoms with Crippen LogP contribution in [0, 0.1) is 6.92 Å². The Morgan fingerprint density at radius 3 is 2.68 bits per heavy atom. The molecule has 1 aliphatic rings. The first-order chi connectivity index (χ1) is 10.4. The topological polar surface area (TPSA) is 42.0 Å². The number of alkyl halides is 3. The van der Waals surface area contributed by atoms with Crippen molar-refractivity contribution in [2.24, 2.45) is 0 Å². The number of aryl methyl sites for hydroxylation is 1. The van der Waals surface area contributed by atoms with Crippen LogP contribution in [0.1, 0.15) is 53.8 Å². The predicted molar refractivity (Wildman–Crippen MR) is 77.5 cm³/mol. The van der Waals surface area contributed by atoms with Gasteiger partial charge in [0, 0.05) is 6.54 Å². The predicted octanol–water partition coefficient (Wildman–Crippen LogP) is 4.03. The third-order valence-electron chi connectivity index (χ3n) is 3.74. The number of nitrogens with zero attached hydrogens (tertiary/aromatic N) is 1. The van der Waals surface area contributed by atoms with Crippen molar-refractivity contribution in [2.75, 3.05) is 6.54 Å². The molecule has 1 N–H and O–H groups in total. The number of carbonyl (C=O) groups is 1. The van der Waals surface area contributed by atoms with Crippen LogP contribution in [0.5, 0.6) is 0 Å². The lowest BCUT2D eigenvalue weighted by Gasteiger charge is -2.13. The maximum absolute atomic E-state index is 12.5. The fourth-order valence-corrected chi connectivity index (χ4v) is 2.52. The SMILES string of the molecule is Cc1nc(C(F)(F)F)ccc1C(=O)NCCC1=CCCCC1. The molecule has 2 rings (SSSR count). The van der Waals surface area contributed by atoms with E-state index in [0.717, 1.165) is 25.3 Å². The Labute approximate surface area is 127 Å². The first-order valence-corrected chi connectivity index (χ1v) is 7.39. The number of carbonyl (C=O) groups excluding carboxylic acids is 1. The van der Waals surface area contributed by atoms with Gasteiger partial charge in [0.05, 0.1) is 11.3 Å². The van der Waals surface area contributed by atoms with Gasteiger partial charge in [0.25, 0.3) is 5.91 Å². The molecule has 1 heterocycles. The zero-order valence-corrected chi connectivity index (χ0v) is 12.5. The quantitative estimate of drug-likeness (QED) is 0.853. The molecule has 0 unspecified atom stereocenters. The average Bonchev–Trinajstić information content (AvgIpc) is 2.47. The molecule has 120 valence electrons. The third-order valence-corrected chi connectivity index (χ3v) is 3.74. The smallest absolute Gasteiger partial charge is 0.352 e. The van der Waals surface area contributed by atoms with Crippen LogP contribution in [-0.2, 0) is 6.18 Å². The van der Waals surface area contributed by atoms with E-state index in [0.29, 0.717) is 6.54 Å². The molecule has 0 saturated carbocycles. The maximum atomic E-state index is 12.5. The van der Waals surface area contributed by atoms with Gasteiger partial charge >= 0.3 is 6.18 Å². The highest BCUT2D eigenvalue weighted by atomic mass is 19.4. The van der Waals surface area contributed by atoms with Crippen molar-refractivity contribution in [3.8, 4) is 0 Å². The van der Waals surface area contributed by atoms with Crippen LogP contribution < -0.4 is 5.32 Å². The van der Waals surface area contributed by atoms with E-state index in [1.165, 1.54) is 31.4 Å². The number of hydrogen-bond acceptors (Lipinski definition) is 2. The number of hydrogen-bond donors (Lipinski definition) is 1. The summed E-state index contributed by atoms with van der Waals surface area (Å²) in [5.74, 6) is -0.380. The molecular formula is C16H19F3N2O. The second-order valence-electron chi connectivity index (χ2n) is 5.44. The van der Waals surface area contributed by atoms with E-state index >= 15 is 0 Å². The van der Waals surface area contributed by atoms with Gasteiger partial charge in [0.1, 0.15) is 5.69 Å². The number of aromatic nitrogens is 1. The van der Waals surface area contributed by atoms with E-state index in [1.807, 2.05) is 0 Å². The highest BCUT2D eigenvalue weighted by Gasteiger charge is 2.33. The van der Waals surface area contributed by atoms with Crippen LogP contribution in [0.15, 0.2) is 23.8 Å². The van der Waals surface area contributed by atoms with Crippen LogP contribution in [0.3, 0.4) is 0 Å². The van der Waals surface area contributed by atoms with Gasteiger partial charge in [0.2, 0.25) is 0 Å². The molecule has 0 aromatic carbocycles. The van der Waals surface area contributed by atoms with Gasteiger partial charge in [-0.2, -0.15) is 13.2 Å². The van der Waals surface area contributed by atoms with Crippen molar-refractivity contribution in [3.63, 3.8) is 0 Å². The highest BCUT2D eigenvalue weighted by Crippen LogP contribution is 2.28. The minimum atomic E-state index is -4.49. The Morgan fingerprint density at radius 2 is 2.09 bits per heavy atom. The number of amides is 1. The van der Waals surface area contributed by atoms with Crippen LogP contribution in [0.25, 0.3) is 0 Å². The van der Waals surface area contributed by atoms with Gasteiger partial charge in [-0.3, -0.25) is 4.79 Å². The second-order valence-corrected chi connectivity index (χ2v) is 5.44. The van der Waals surface area contributed by atoms with E-state index in [-0.39, 0.29) is 17.2 Å². The molecule has 3 nitrogen and oxygen atoms in total. The number of pyridine rings is 1. The molecule has 1 aromatic rings. The molecule has 0 saturated heterocycles. The van der Waals surface area contributed by atoms with Crippen LogP contribution in [0.4, 0.5) is 13.2 Å². The van der Waals surface area contributed by atoms with Gasteiger partial charge < -0.3 is 5.32 Å². The molecule has 1 aromatic heterocycles. The largest absolute Gasteiger partial charge is 0.433 e. The number of halogens is 3. The first kappa shape index (κ1) is 16.5. The van der Waals surface area contributed by atoms with Gasteiger partial charge in [-0.05, 0) is 51.2 Å². The van der Waals surface area contributed by atoms with E-state index < -0.39 is 11.9 Å². The Balaban J connectivity index is 1.93. The Bertz CT molecular complexity index is 579. The summed E-state index contributed by atoms with van der Waals surface area (Å²) in [6.45, 7) is 1.90. The van der Waals surface area contributed by atoms with Crippen LogP contribution in [-0.4, -0.2) is 17.4 Å². The molecule has 22 heavy (non-hydrogen) atoms. The molecule has 0 atom stereocenters. The molecule has 0 fully saturated rings. The summed E-state index contributed by atoms with van der Waals surface area (Å²) in [5, 5.41) is 2.74. The van der Waals surface area contributed by atoms with Crippen molar-refractivity contribution in [1.29, 1.82) is 0 Å². The summed E-state index contributed by atoms with van der Waals surface area (Å²) in [4.78, 5) is 15.5. The summed E-state index contributed by atoms with van der Waals surface area (Å²) in [6.07, 6.45) is 3.06. The molecule has 0 spiro atoms. The van der Waals surface area contributed by atoms with E-state index in [4.69, 9.17) is 0 Å². The highest BCUT2D eigenvalue weighted by molar-refractivity contribution is 5.95. The van der Waals surface area contributed by atoms with Gasteiger partial charge in [-0.1, -0.05) is 11.6 Å². The molecule has 0 aliphatic heterocycles. The molecule has 0 bridgehead atoms. The minimum Gasteiger partial charge on any atom is -0.352 e. The minimum absolute atomic E-state index is 0.0872. The number of allylic oxidation sites excluding steroid dienone is 1. The Hall–Kier alpha value is -1.85. The van der Waals surface area contributed by atoms with Crippen molar-refractivity contribution >= 4 is 5.91 Å². The van der Waals surface area contributed by atoms with Crippen molar-refractivity contribution in [3.05, 3.63) is 40.7 Å². The van der Waals surface area contributed by atoms with Gasteiger partial charge in [0.15, 0.2) is 0 Å². The zero-order valence-electron chi connectivity index (χ0n) is 12.5. The fourth-order valence-electron chi connectivity index (χ4n) is 2.52. The average molecular weight is 312 g/mol. The summed E-state index contributed by atoms with van der Waals surface area (Å²) >= 11 is 0. The molecule has 1 amide bonds. The van der Waals surface area contributed by atoms with E-state index in [2.05, 4.69) is 16.4 Å². The summed E-state index contributed by atoms with van der Waals surface area (Å²) in [6, 6.07) is 2.02. The van der Waals surface area contributed by atoms with E-state index in [1.54, 1.807) is 0 Å². The lowest BCUT2D eigenvalue weighted by Crippen LogP contribution is -2.26. The normalized spacial score (nSPS) is 15.4. The zero-order chi connectivity index (χ0) is 16.2. The fraction of sp³-hybridized carbons (Fsp3) is 0.500. The van der Waals surface area contributed by atoms with Crippen LogP contribution in [0.2, 0.25) is 0 Å². The molecule has 0 radical (unpaired) electrons. The summed E-state index contributed by atoms with van der Waals surface area (Å²) < 4.78 is 37.6. The number of nitrogens with one attached hydrogen (secondary N) is 1. The second kappa shape index (κ2) is 6.94. The Kier molecular flexibility index (Phi) is 5.21. The monoisotopic (exact) mass is 312 g/mol.